The van der Waals surface area contributed by atoms with Crippen LogP contribution in [0.1, 0.15) is 50.0 Å². The van der Waals surface area contributed by atoms with Crippen LogP contribution in [0.25, 0.3) is 0 Å². The Bertz CT molecular complexity index is 457. The van der Waals surface area contributed by atoms with E-state index >= 15 is 0 Å². The summed E-state index contributed by atoms with van der Waals surface area (Å²) in [7, 11) is 0. The first-order chi connectivity index (χ1) is 10.2. The van der Waals surface area contributed by atoms with Gasteiger partial charge < -0.3 is 10.6 Å². The number of amides is 1. The van der Waals surface area contributed by atoms with E-state index in [2.05, 4.69) is 35.2 Å². The second-order valence-corrected chi connectivity index (χ2v) is 6.62. The minimum atomic E-state index is 0.249. The maximum absolute atomic E-state index is 12.6. The smallest absolute Gasteiger partial charge is 0.225 e. The second-order valence-electron chi connectivity index (χ2n) is 6.62. The monoisotopic (exact) mass is 286 g/mol. The number of hydrogen-bond donors (Lipinski definition) is 1. The van der Waals surface area contributed by atoms with Gasteiger partial charge in [-0.3, -0.25) is 4.79 Å². The molecule has 3 nitrogen and oxygen atoms in total. The summed E-state index contributed by atoms with van der Waals surface area (Å²) in [4.78, 5) is 14.6. The molecule has 0 radical (unpaired) electrons. The van der Waals surface area contributed by atoms with Gasteiger partial charge in [0.15, 0.2) is 0 Å². The first-order valence-corrected chi connectivity index (χ1v) is 8.33. The zero-order chi connectivity index (χ0) is 14.7. The molecule has 1 aliphatic carbocycles. The molecule has 2 N–H and O–H groups in total. The lowest BCUT2D eigenvalue weighted by Crippen LogP contribution is -2.45. The third kappa shape index (κ3) is 3.46. The highest BCUT2D eigenvalue weighted by molar-refractivity contribution is 5.79. The molecular weight excluding hydrogens is 260 g/mol. The number of carbonyl (C=O) groups is 1. The van der Waals surface area contributed by atoms with E-state index in [4.69, 9.17) is 5.73 Å². The molecule has 1 aliphatic heterocycles. The summed E-state index contributed by atoms with van der Waals surface area (Å²) in [5.74, 6) is 1.28. The number of nitrogens with zero attached hydrogens (tertiary/aromatic N) is 1. The van der Waals surface area contributed by atoms with Gasteiger partial charge in [0.2, 0.25) is 5.91 Å². The Morgan fingerprint density at radius 1 is 0.952 bits per heavy atom. The van der Waals surface area contributed by atoms with Crippen LogP contribution in [-0.2, 0) is 4.79 Å². The first kappa shape index (κ1) is 14.6. The summed E-state index contributed by atoms with van der Waals surface area (Å²) in [6.07, 6.45) is 6.31. The number of hydrogen-bond acceptors (Lipinski definition) is 2. The lowest BCUT2D eigenvalue weighted by molar-refractivity contribution is -0.137. The number of benzene rings is 1. The molecule has 1 aromatic rings. The molecule has 0 bridgehead atoms. The summed E-state index contributed by atoms with van der Waals surface area (Å²) in [6.45, 7) is 1.72. The predicted molar refractivity (Wildman–Crippen MR) is 84.9 cm³/mol. The highest BCUT2D eigenvalue weighted by Crippen LogP contribution is 2.36. The van der Waals surface area contributed by atoms with Gasteiger partial charge in [0.1, 0.15) is 0 Å². The topological polar surface area (TPSA) is 46.3 Å². The Balaban J connectivity index is 1.52. The number of nitrogens with two attached hydrogens (primary N) is 1. The lowest BCUT2D eigenvalue weighted by Gasteiger charge is -2.35. The molecule has 1 saturated carbocycles. The summed E-state index contributed by atoms with van der Waals surface area (Å²) >= 11 is 0. The van der Waals surface area contributed by atoms with E-state index in [0.29, 0.717) is 17.9 Å². The lowest BCUT2D eigenvalue weighted by atomic mass is 9.78. The van der Waals surface area contributed by atoms with Crippen LogP contribution >= 0.6 is 0 Å². The predicted octanol–water partition coefficient (Wildman–Crippen LogP) is 2.91. The van der Waals surface area contributed by atoms with Crippen molar-refractivity contribution in [2.24, 2.45) is 11.7 Å². The van der Waals surface area contributed by atoms with Crippen LogP contribution in [0.4, 0.5) is 0 Å². The number of rotatable bonds is 2. The quantitative estimate of drug-likeness (QED) is 0.908. The molecule has 3 rings (SSSR count). The Hall–Kier alpha value is -1.35. The first-order valence-electron chi connectivity index (χ1n) is 8.33. The number of carbonyl (C=O) groups excluding carboxylic acids is 1. The van der Waals surface area contributed by atoms with Crippen LogP contribution in [0.5, 0.6) is 0 Å². The highest BCUT2D eigenvalue weighted by atomic mass is 16.2. The number of piperidine rings is 1. The molecule has 3 heteroatoms. The molecule has 21 heavy (non-hydrogen) atoms. The van der Waals surface area contributed by atoms with Crippen molar-refractivity contribution in [1.29, 1.82) is 0 Å². The Morgan fingerprint density at radius 3 is 2.19 bits per heavy atom. The van der Waals surface area contributed by atoms with E-state index in [1.807, 2.05) is 0 Å². The minimum Gasteiger partial charge on any atom is -0.342 e. The summed E-state index contributed by atoms with van der Waals surface area (Å²) in [5.41, 5.74) is 7.36. The molecule has 114 valence electrons. The molecule has 1 heterocycles. The van der Waals surface area contributed by atoms with Crippen molar-refractivity contribution in [3.05, 3.63) is 35.9 Å². The molecule has 1 saturated heterocycles. The van der Waals surface area contributed by atoms with Gasteiger partial charge in [-0.25, -0.2) is 0 Å². The van der Waals surface area contributed by atoms with E-state index in [9.17, 15) is 4.79 Å². The Labute approximate surface area is 127 Å². The molecule has 1 aromatic carbocycles. The number of likely N-dealkylation sites (tertiary alicyclic amines) is 1. The summed E-state index contributed by atoms with van der Waals surface area (Å²) < 4.78 is 0. The molecule has 0 aromatic heterocycles. The van der Waals surface area contributed by atoms with E-state index in [1.54, 1.807) is 0 Å². The van der Waals surface area contributed by atoms with E-state index in [-0.39, 0.29) is 5.92 Å². The zero-order valence-electron chi connectivity index (χ0n) is 12.7. The average Bonchev–Trinajstić information content (AvgIpc) is 2.56. The van der Waals surface area contributed by atoms with Crippen molar-refractivity contribution in [2.45, 2.75) is 50.5 Å². The van der Waals surface area contributed by atoms with Crippen LogP contribution in [0.15, 0.2) is 30.3 Å². The fourth-order valence-corrected chi connectivity index (χ4v) is 3.78. The average molecular weight is 286 g/mol. The van der Waals surface area contributed by atoms with Crippen LogP contribution < -0.4 is 5.73 Å². The van der Waals surface area contributed by atoms with Gasteiger partial charge in [0.05, 0.1) is 0 Å². The van der Waals surface area contributed by atoms with Gasteiger partial charge >= 0.3 is 0 Å². The van der Waals surface area contributed by atoms with Gasteiger partial charge in [-0.15, -0.1) is 0 Å². The summed E-state index contributed by atoms with van der Waals surface area (Å²) in [5, 5.41) is 0. The van der Waals surface area contributed by atoms with Crippen LogP contribution in [0.2, 0.25) is 0 Å². The maximum atomic E-state index is 12.6. The minimum absolute atomic E-state index is 0.249. The largest absolute Gasteiger partial charge is 0.342 e. The molecule has 1 amide bonds. The fourth-order valence-electron chi connectivity index (χ4n) is 3.78. The molecule has 0 spiro atoms. The van der Waals surface area contributed by atoms with Crippen molar-refractivity contribution >= 4 is 5.91 Å². The van der Waals surface area contributed by atoms with Crippen molar-refractivity contribution in [1.82, 2.24) is 4.90 Å². The van der Waals surface area contributed by atoms with Gasteiger partial charge in [0.25, 0.3) is 0 Å². The standard InChI is InChI=1S/C18H26N2O/c19-17-10-12-20(13-11-17)18(21)16-8-6-15(7-9-16)14-4-2-1-3-5-14/h1-5,15-17H,6-13,19H2. The van der Waals surface area contributed by atoms with Gasteiger partial charge in [-0.2, -0.15) is 0 Å². The van der Waals surface area contributed by atoms with Gasteiger partial charge in [-0.1, -0.05) is 30.3 Å². The Kier molecular flexibility index (Phi) is 4.59. The third-order valence-electron chi connectivity index (χ3n) is 5.20. The van der Waals surface area contributed by atoms with Crippen molar-refractivity contribution < 1.29 is 4.79 Å². The molecule has 0 unspecified atom stereocenters. The zero-order valence-corrected chi connectivity index (χ0v) is 12.7. The van der Waals surface area contributed by atoms with Gasteiger partial charge in [0, 0.05) is 25.0 Å². The van der Waals surface area contributed by atoms with Gasteiger partial charge in [-0.05, 0) is 50.0 Å². The van der Waals surface area contributed by atoms with Crippen molar-refractivity contribution in [3.8, 4) is 0 Å². The maximum Gasteiger partial charge on any atom is 0.225 e. The van der Waals surface area contributed by atoms with Crippen LogP contribution in [0.3, 0.4) is 0 Å². The van der Waals surface area contributed by atoms with Crippen LogP contribution in [0, 0.1) is 5.92 Å². The second kappa shape index (κ2) is 6.61. The normalized spacial score (nSPS) is 27.6. The van der Waals surface area contributed by atoms with Crippen LogP contribution in [-0.4, -0.2) is 29.9 Å². The molecule has 2 aliphatic rings. The highest BCUT2D eigenvalue weighted by Gasteiger charge is 2.31. The third-order valence-corrected chi connectivity index (χ3v) is 5.20. The molecular formula is C18H26N2O. The fraction of sp³-hybridized carbons (Fsp3) is 0.611. The van der Waals surface area contributed by atoms with E-state index in [0.717, 1.165) is 51.6 Å². The van der Waals surface area contributed by atoms with Crippen molar-refractivity contribution in [2.75, 3.05) is 13.1 Å². The van der Waals surface area contributed by atoms with E-state index < -0.39 is 0 Å². The van der Waals surface area contributed by atoms with E-state index in [1.165, 1.54) is 5.56 Å². The summed E-state index contributed by atoms with van der Waals surface area (Å²) in [6, 6.07) is 11.0. The SMILES string of the molecule is NC1CCN(C(=O)C2CCC(c3ccccc3)CC2)CC1. The molecule has 2 fully saturated rings. The van der Waals surface area contributed by atoms with Crippen molar-refractivity contribution in [3.63, 3.8) is 0 Å². The molecule has 0 atom stereocenters. The Morgan fingerprint density at radius 2 is 1.57 bits per heavy atom.